The molecule has 1 heterocycles. The molecule has 0 saturated heterocycles. The Labute approximate surface area is 76.8 Å². The van der Waals surface area contributed by atoms with E-state index in [1.165, 1.54) is 0 Å². The molecule has 0 saturated carbocycles. The molecule has 0 N–H and O–H groups in total. The Balaban J connectivity index is 2.86. The molecule has 1 aromatic heterocycles. The van der Waals surface area contributed by atoms with Gasteiger partial charge in [-0.05, 0) is 12.1 Å². The van der Waals surface area contributed by atoms with Crippen molar-refractivity contribution in [3.63, 3.8) is 0 Å². The second-order valence-electron chi connectivity index (χ2n) is 2.16. The molecular formula is C7H5ClNS2+. The van der Waals surface area contributed by atoms with Gasteiger partial charge in [0.05, 0.1) is 9.50 Å². The average Bonchev–Trinajstić information content (AvgIpc) is 2.32. The van der Waals surface area contributed by atoms with Crippen LogP contribution in [-0.4, -0.2) is 4.98 Å². The lowest BCUT2D eigenvalue weighted by Crippen LogP contribution is -1.65. The molecule has 11 heavy (non-hydrogen) atoms. The van der Waals surface area contributed by atoms with Gasteiger partial charge < -0.3 is 0 Å². The van der Waals surface area contributed by atoms with E-state index in [-0.39, 0.29) is 9.50 Å². The summed E-state index contributed by atoms with van der Waals surface area (Å²) in [6.07, 6.45) is 0. The Bertz CT molecular complexity index is 396. The Kier molecular flexibility index (Phi) is 1.79. The Morgan fingerprint density at radius 3 is 3.09 bits per heavy atom. The Morgan fingerprint density at radius 2 is 2.27 bits per heavy atom. The number of thiazole rings is 1. The number of fused-ring (bicyclic) bond motifs is 1. The number of hydrogen-bond donors (Lipinski definition) is 1. The predicted molar refractivity (Wildman–Crippen MR) is 53.6 cm³/mol. The maximum atomic E-state index is 5.78. The number of halogens is 1. The van der Waals surface area contributed by atoms with Crippen molar-refractivity contribution >= 4 is 43.0 Å². The summed E-state index contributed by atoms with van der Waals surface area (Å²) in [7, 11) is -0.112. The van der Waals surface area contributed by atoms with Crippen LogP contribution in [0.25, 0.3) is 10.2 Å². The zero-order valence-electron chi connectivity index (χ0n) is 5.49. The van der Waals surface area contributed by atoms with Gasteiger partial charge in [0, 0.05) is 11.1 Å². The van der Waals surface area contributed by atoms with Crippen LogP contribution in [-0.2, 0) is 0 Å². The van der Waals surface area contributed by atoms with Crippen molar-refractivity contribution < 1.29 is 0 Å². The number of rotatable bonds is 0. The first kappa shape index (κ1) is 7.40. The fraction of sp³-hybridized carbons (Fsp3) is 0. The third-order valence-corrected chi connectivity index (χ3v) is 3.65. The fourth-order valence-electron chi connectivity index (χ4n) is 0.932. The van der Waals surface area contributed by atoms with Gasteiger partial charge in [0.15, 0.2) is 0 Å². The SMILES string of the molecule is S[s+]1cnc2cc(Cl)ccc21. The highest BCUT2D eigenvalue weighted by Gasteiger charge is 2.09. The van der Waals surface area contributed by atoms with Crippen LogP contribution in [0.4, 0.5) is 0 Å². The van der Waals surface area contributed by atoms with Gasteiger partial charge in [-0.25, -0.2) is 0 Å². The Morgan fingerprint density at radius 1 is 1.45 bits per heavy atom. The average molecular weight is 203 g/mol. The van der Waals surface area contributed by atoms with E-state index in [9.17, 15) is 0 Å². The quantitative estimate of drug-likeness (QED) is 0.393. The van der Waals surface area contributed by atoms with Crippen LogP contribution in [0.2, 0.25) is 5.02 Å². The summed E-state index contributed by atoms with van der Waals surface area (Å²) >= 11 is 10.1. The minimum absolute atomic E-state index is 0.112. The molecule has 1 atom stereocenters. The molecule has 4 heteroatoms. The highest BCUT2D eigenvalue weighted by molar-refractivity contribution is 8.34. The highest BCUT2D eigenvalue weighted by Crippen LogP contribution is 2.33. The predicted octanol–water partition coefficient (Wildman–Crippen LogP) is 3.33. The van der Waals surface area contributed by atoms with Crippen molar-refractivity contribution in [2.45, 2.75) is 0 Å². The smallest absolute Gasteiger partial charge is 0.199 e. The van der Waals surface area contributed by atoms with Crippen LogP contribution in [0, 0.1) is 0 Å². The van der Waals surface area contributed by atoms with Gasteiger partial charge in [-0.3, -0.25) is 0 Å². The van der Waals surface area contributed by atoms with E-state index >= 15 is 0 Å². The first-order chi connectivity index (χ1) is 5.27. The molecule has 1 aromatic carbocycles. The molecule has 0 fully saturated rings. The molecule has 0 amide bonds. The fourth-order valence-corrected chi connectivity index (χ4v) is 2.56. The van der Waals surface area contributed by atoms with Crippen molar-refractivity contribution in [2.24, 2.45) is 0 Å². The van der Waals surface area contributed by atoms with Gasteiger partial charge in [-0.15, -0.1) is 0 Å². The zero-order chi connectivity index (χ0) is 7.84. The number of nitrogens with zero attached hydrogens (tertiary/aromatic N) is 1. The van der Waals surface area contributed by atoms with Gasteiger partial charge >= 0.3 is 0 Å². The maximum absolute atomic E-state index is 5.78. The molecule has 1 nitrogen and oxygen atoms in total. The molecule has 2 aromatic rings. The normalized spacial score (nSPS) is 12.4. The zero-order valence-corrected chi connectivity index (χ0v) is 7.96. The number of aromatic nitrogens is 1. The number of thiol groups is 1. The third-order valence-electron chi connectivity index (χ3n) is 1.44. The molecule has 56 valence electrons. The highest BCUT2D eigenvalue weighted by atomic mass is 35.5. The molecule has 1 unspecified atom stereocenters. The summed E-state index contributed by atoms with van der Waals surface area (Å²) in [6, 6.07) is 5.70. The Hall–Kier alpha value is -0.250. The largest absolute Gasteiger partial charge is 0.243 e. The van der Waals surface area contributed by atoms with Gasteiger partial charge in [-0.1, -0.05) is 11.6 Å². The third kappa shape index (κ3) is 1.24. The first-order valence-corrected chi connectivity index (χ1v) is 5.75. The second kappa shape index (κ2) is 2.66. The summed E-state index contributed by atoms with van der Waals surface area (Å²) in [4.78, 5) is 4.17. The van der Waals surface area contributed by atoms with Crippen LogP contribution in [0.15, 0.2) is 23.7 Å². The second-order valence-corrected chi connectivity index (χ2v) is 5.06. The van der Waals surface area contributed by atoms with Crippen molar-refractivity contribution in [1.82, 2.24) is 4.98 Å². The summed E-state index contributed by atoms with van der Waals surface area (Å²) in [5.74, 6) is 0. The molecular weight excluding hydrogens is 198 g/mol. The van der Waals surface area contributed by atoms with Gasteiger partial charge in [-0.2, -0.15) is 4.98 Å². The molecule has 0 aliphatic carbocycles. The van der Waals surface area contributed by atoms with E-state index in [2.05, 4.69) is 16.6 Å². The molecule has 0 bridgehead atoms. The summed E-state index contributed by atoms with van der Waals surface area (Å²) in [5.41, 5.74) is 2.79. The number of hydrogen-bond acceptors (Lipinski definition) is 2. The maximum Gasteiger partial charge on any atom is 0.243 e. The van der Waals surface area contributed by atoms with Crippen molar-refractivity contribution in [3.05, 3.63) is 28.7 Å². The van der Waals surface area contributed by atoms with E-state index in [0.29, 0.717) is 0 Å². The van der Waals surface area contributed by atoms with Crippen LogP contribution < -0.4 is 0 Å². The van der Waals surface area contributed by atoms with Gasteiger partial charge in [0.2, 0.25) is 10.2 Å². The minimum Gasteiger partial charge on any atom is -0.199 e. The van der Waals surface area contributed by atoms with Gasteiger partial charge in [0.25, 0.3) is 0 Å². The molecule has 0 aliphatic heterocycles. The standard InChI is InChI=1S/C7H5ClNS2/c8-5-1-2-7-6(3-5)9-4-11(7)10/h1-4,10H/q+1. The van der Waals surface area contributed by atoms with Crippen LogP contribution in [0.1, 0.15) is 0 Å². The van der Waals surface area contributed by atoms with E-state index < -0.39 is 0 Å². The monoisotopic (exact) mass is 202 g/mol. The van der Waals surface area contributed by atoms with Crippen molar-refractivity contribution in [3.8, 4) is 0 Å². The number of benzene rings is 1. The van der Waals surface area contributed by atoms with E-state index in [4.69, 9.17) is 11.6 Å². The molecule has 0 aliphatic rings. The van der Waals surface area contributed by atoms with E-state index in [1.807, 2.05) is 23.7 Å². The molecule has 0 spiro atoms. The molecule has 2 rings (SSSR count). The van der Waals surface area contributed by atoms with Crippen molar-refractivity contribution in [2.75, 3.05) is 0 Å². The van der Waals surface area contributed by atoms with Gasteiger partial charge in [0.1, 0.15) is 17.2 Å². The molecule has 0 radical (unpaired) electrons. The first-order valence-electron chi connectivity index (χ1n) is 3.03. The van der Waals surface area contributed by atoms with Crippen LogP contribution in [0.5, 0.6) is 0 Å². The summed E-state index contributed by atoms with van der Waals surface area (Å²) in [5, 5.41) is 0.730. The van der Waals surface area contributed by atoms with E-state index in [0.717, 1.165) is 15.2 Å². The van der Waals surface area contributed by atoms with Crippen LogP contribution >= 0.6 is 32.8 Å². The summed E-state index contributed by atoms with van der Waals surface area (Å²) in [6.45, 7) is 0. The minimum atomic E-state index is -0.112. The lowest BCUT2D eigenvalue weighted by atomic mass is 10.3. The lowest BCUT2D eigenvalue weighted by Gasteiger charge is -1.84. The lowest BCUT2D eigenvalue weighted by molar-refractivity contribution is 1.50. The van der Waals surface area contributed by atoms with Crippen LogP contribution in [0.3, 0.4) is 0 Å². The van der Waals surface area contributed by atoms with E-state index in [1.54, 1.807) is 0 Å². The van der Waals surface area contributed by atoms with Crippen molar-refractivity contribution in [1.29, 1.82) is 0 Å². The topological polar surface area (TPSA) is 12.9 Å². The summed E-state index contributed by atoms with van der Waals surface area (Å²) < 4.78 is 1.16.